The molecule has 1 heterocycles. The second kappa shape index (κ2) is 9.92. The Morgan fingerprint density at radius 1 is 1.14 bits per heavy atom. The van der Waals surface area contributed by atoms with Gasteiger partial charge in [0.1, 0.15) is 17.3 Å². The van der Waals surface area contributed by atoms with E-state index >= 15 is 0 Å². The molecule has 0 unspecified atom stereocenters. The highest BCUT2D eigenvalue weighted by atomic mass is 32.2. The molecule has 9 heteroatoms. The Morgan fingerprint density at radius 2 is 1.93 bits per heavy atom. The molecule has 0 bridgehead atoms. The Kier molecular flexibility index (Phi) is 7.07. The number of benzene rings is 2. The zero-order chi connectivity index (χ0) is 20.6. The van der Waals surface area contributed by atoms with E-state index in [1.807, 2.05) is 0 Å². The molecular weight excluding hydrogens is 397 g/mol. The second-order valence-corrected chi connectivity index (χ2v) is 7.10. The van der Waals surface area contributed by atoms with Gasteiger partial charge in [0.15, 0.2) is 0 Å². The van der Waals surface area contributed by atoms with E-state index < -0.39 is 0 Å². The summed E-state index contributed by atoms with van der Waals surface area (Å²) in [5, 5.41) is 10.4. The van der Waals surface area contributed by atoms with E-state index in [2.05, 4.69) is 15.5 Å². The molecule has 2 aromatic carbocycles. The van der Waals surface area contributed by atoms with Crippen molar-refractivity contribution < 1.29 is 23.1 Å². The standard InChI is InChI=1S/C20H20FN3O4S/c1-26-14-7-10-17(27-2)16(12-14)19-23-24-20(28-19)22-18(25)4-3-11-29-15-8-5-13(21)6-9-15/h5-10,12H,3-4,11H2,1-2H3,(H,22,24,25). The number of nitrogens with one attached hydrogen (secondary N) is 1. The van der Waals surface area contributed by atoms with Crippen LogP contribution in [0.1, 0.15) is 12.8 Å². The summed E-state index contributed by atoms with van der Waals surface area (Å²) >= 11 is 1.56. The van der Waals surface area contributed by atoms with Gasteiger partial charge in [-0.15, -0.1) is 16.9 Å². The third kappa shape index (κ3) is 5.71. The van der Waals surface area contributed by atoms with Crippen LogP contribution in [0.2, 0.25) is 0 Å². The molecule has 0 fully saturated rings. The van der Waals surface area contributed by atoms with Crippen LogP contribution in [-0.4, -0.2) is 36.1 Å². The Bertz CT molecular complexity index is 963. The molecule has 29 heavy (non-hydrogen) atoms. The first-order chi connectivity index (χ1) is 14.1. The number of carbonyl (C=O) groups excluding carboxylic acids is 1. The molecule has 1 N–H and O–H groups in total. The molecule has 1 amide bonds. The lowest BCUT2D eigenvalue weighted by Gasteiger charge is -2.07. The van der Waals surface area contributed by atoms with Crippen molar-refractivity contribution >= 4 is 23.7 Å². The van der Waals surface area contributed by atoms with E-state index in [0.29, 0.717) is 29.9 Å². The van der Waals surface area contributed by atoms with E-state index in [0.717, 1.165) is 10.6 Å². The molecule has 0 spiro atoms. The van der Waals surface area contributed by atoms with Gasteiger partial charge in [-0.1, -0.05) is 5.10 Å². The monoisotopic (exact) mass is 417 g/mol. The van der Waals surface area contributed by atoms with Crippen LogP contribution in [0.15, 0.2) is 51.8 Å². The van der Waals surface area contributed by atoms with Crippen LogP contribution in [0.5, 0.6) is 11.5 Å². The fraction of sp³-hybridized carbons (Fsp3) is 0.250. The Hall–Kier alpha value is -3.07. The van der Waals surface area contributed by atoms with Crippen molar-refractivity contribution in [3.05, 3.63) is 48.3 Å². The molecular formula is C20H20FN3O4S. The number of methoxy groups -OCH3 is 2. The summed E-state index contributed by atoms with van der Waals surface area (Å²) in [6.45, 7) is 0. The average Bonchev–Trinajstić information content (AvgIpc) is 3.20. The van der Waals surface area contributed by atoms with Crippen molar-refractivity contribution in [2.45, 2.75) is 17.7 Å². The number of hydrogen-bond donors (Lipinski definition) is 1. The normalized spacial score (nSPS) is 10.6. The van der Waals surface area contributed by atoms with Gasteiger partial charge >= 0.3 is 6.01 Å². The molecule has 152 valence electrons. The highest BCUT2D eigenvalue weighted by molar-refractivity contribution is 7.99. The van der Waals surface area contributed by atoms with Crippen LogP contribution in [0.3, 0.4) is 0 Å². The third-order valence-corrected chi connectivity index (χ3v) is 5.04. The first-order valence-electron chi connectivity index (χ1n) is 8.83. The van der Waals surface area contributed by atoms with E-state index in [1.54, 1.807) is 49.2 Å². The van der Waals surface area contributed by atoms with Gasteiger partial charge in [0, 0.05) is 11.3 Å². The van der Waals surface area contributed by atoms with Crippen LogP contribution in [0.4, 0.5) is 10.4 Å². The number of thioether (sulfide) groups is 1. The number of rotatable bonds is 9. The maximum absolute atomic E-state index is 12.9. The van der Waals surface area contributed by atoms with Gasteiger partial charge in [-0.2, -0.15) is 0 Å². The minimum Gasteiger partial charge on any atom is -0.497 e. The number of amides is 1. The van der Waals surface area contributed by atoms with E-state index in [9.17, 15) is 9.18 Å². The summed E-state index contributed by atoms with van der Waals surface area (Å²) < 4.78 is 28.9. The van der Waals surface area contributed by atoms with Crippen LogP contribution in [0, 0.1) is 5.82 Å². The predicted octanol–water partition coefficient (Wildman–Crippen LogP) is 4.40. The summed E-state index contributed by atoms with van der Waals surface area (Å²) in [5.74, 6) is 1.61. The zero-order valence-electron chi connectivity index (χ0n) is 16.0. The van der Waals surface area contributed by atoms with E-state index in [1.165, 1.54) is 19.2 Å². The molecule has 0 radical (unpaired) electrons. The van der Waals surface area contributed by atoms with Gasteiger partial charge < -0.3 is 13.9 Å². The maximum atomic E-state index is 12.9. The molecule has 0 aliphatic heterocycles. The van der Waals surface area contributed by atoms with Gasteiger partial charge in [0.25, 0.3) is 5.89 Å². The number of ether oxygens (including phenoxy) is 2. The van der Waals surface area contributed by atoms with Gasteiger partial charge in [-0.3, -0.25) is 10.1 Å². The minimum atomic E-state index is -0.265. The molecule has 7 nitrogen and oxygen atoms in total. The largest absolute Gasteiger partial charge is 0.497 e. The molecule has 0 saturated carbocycles. The van der Waals surface area contributed by atoms with Crippen molar-refractivity contribution in [2.24, 2.45) is 0 Å². The average molecular weight is 417 g/mol. The fourth-order valence-electron chi connectivity index (χ4n) is 2.50. The van der Waals surface area contributed by atoms with Gasteiger partial charge in [-0.25, -0.2) is 4.39 Å². The summed E-state index contributed by atoms with van der Waals surface area (Å²) in [6, 6.07) is 11.5. The molecule has 0 aliphatic rings. The van der Waals surface area contributed by atoms with Crippen LogP contribution in [-0.2, 0) is 4.79 Å². The first-order valence-corrected chi connectivity index (χ1v) is 9.81. The van der Waals surface area contributed by atoms with Crippen LogP contribution >= 0.6 is 11.8 Å². The summed E-state index contributed by atoms with van der Waals surface area (Å²) in [5.41, 5.74) is 0.565. The van der Waals surface area contributed by atoms with Crippen molar-refractivity contribution in [1.29, 1.82) is 0 Å². The number of nitrogens with zero attached hydrogens (tertiary/aromatic N) is 2. The molecule has 0 saturated heterocycles. The van der Waals surface area contributed by atoms with Crippen LogP contribution < -0.4 is 14.8 Å². The van der Waals surface area contributed by atoms with Crippen LogP contribution in [0.25, 0.3) is 11.5 Å². The number of carbonyl (C=O) groups is 1. The van der Waals surface area contributed by atoms with Crippen molar-refractivity contribution in [2.75, 3.05) is 25.3 Å². The first kappa shape index (κ1) is 20.7. The number of halogens is 1. The van der Waals surface area contributed by atoms with E-state index in [4.69, 9.17) is 13.9 Å². The van der Waals surface area contributed by atoms with Gasteiger partial charge in [0.05, 0.1) is 19.8 Å². The predicted molar refractivity (Wildman–Crippen MR) is 108 cm³/mol. The van der Waals surface area contributed by atoms with Crippen molar-refractivity contribution in [3.8, 4) is 23.0 Å². The number of anilines is 1. The quantitative estimate of drug-likeness (QED) is 0.408. The van der Waals surface area contributed by atoms with Crippen molar-refractivity contribution in [3.63, 3.8) is 0 Å². The fourth-order valence-corrected chi connectivity index (χ4v) is 3.35. The summed E-state index contributed by atoms with van der Waals surface area (Å²) in [4.78, 5) is 13.1. The zero-order valence-corrected chi connectivity index (χ0v) is 16.8. The molecule has 3 aromatic rings. The Morgan fingerprint density at radius 3 is 2.66 bits per heavy atom. The Labute approximate surface area is 171 Å². The Balaban J connectivity index is 1.52. The third-order valence-electron chi connectivity index (χ3n) is 3.94. The highest BCUT2D eigenvalue weighted by Crippen LogP contribution is 2.33. The smallest absolute Gasteiger partial charge is 0.322 e. The highest BCUT2D eigenvalue weighted by Gasteiger charge is 2.16. The lowest BCUT2D eigenvalue weighted by atomic mass is 10.2. The maximum Gasteiger partial charge on any atom is 0.322 e. The van der Waals surface area contributed by atoms with E-state index in [-0.39, 0.29) is 23.6 Å². The topological polar surface area (TPSA) is 86.5 Å². The number of hydrogen-bond acceptors (Lipinski definition) is 7. The lowest BCUT2D eigenvalue weighted by molar-refractivity contribution is -0.116. The summed E-state index contributed by atoms with van der Waals surface area (Å²) in [6.07, 6.45) is 0.951. The summed E-state index contributed by atoms with van der Waals surface area (Å²) in [7, 11) is 3.09. The van der Waals surface area contributed by atoms with Gasteiger partial charge in [-0.05, 0) is 54.6 Å². The second-order valence-electron chi connectivity index (χ2n) is 5.93. The minimum absolute atomic E-state index is 0.0149. The molecule has 1 aromatic heterocycles. The molecule has 3 rings (SSSR count). The molecule has 0 aliphatic carbocycles. The lowest BCUT2D eigenvalue weighted by Crippen LogP contribution is -2.11. The van der Waals surface area contributed by atoms with Gasteiger partial charge in [0.2, 0.25) is 5.91 Å². The number of aromatic nitrogens is 2. The SMILES string of the molecule is COc1ccc(OC)c(-c2nnc(NC(=O)CCCSc3ccc(F)cc3)o2)c1. The molecule has 0 atom stereocenters. The van der Waals surface area contributed by atoms with Crippen molar-refractivity contribution in [1.82, 2.24) is 10.2 Å².